The highest BCUT2D eigenvalue weighted by Gasteiger charge is 1.95. The molecule has 0 saturated carbocycles. The molecule has 0 spiro atoms. The van der Waals surface area contributed by atoms with Crippen molar-refractivity contribution in [3.63, 3.8) is 0 Å². The first-order valence-electron chi connectivity index (χ1n) is 3.43. The Balaban J connectivity index is 2.99. The minimum Gasteiger partial charge on any atom is -0.276 e. The van der Waals surface area contributed by atoms with Crippen molar-refractivity contribution in [2.45, 2.75) is 6.92 Å². The fraction of sp³-hybridized carbons (Fsp3) is 0.222. The zero-order valence-corrected chi connectivity index (χ0v) is 7.39. The van der Waals surface area contributed by atoms with Crippen LogP contribution in [0.2, 0.25) is 0 Å². The van der Waals surface area contributed by atoms with Crippen LogP contribution in [0.3, 0.4) is 0 Å². The lowest BCUT2D eigenvalue weighted by molar-refractivity contribution is 1.43. The zero-order chi connectivity index (χ0) is 8.27. The Morgan fingerprint density at radius 1 is 1.27 bits per heavy atom. The van der Waals surface area contributed by atoms with Crippen molar-refractivity contribution < 1.29 is 0 Å². The molecule has 1 rings (SSSR count). The van der Waals surface area contributed by atoms with Crippen LogP contribution in [-0.2, 0) is 0 Å². The molecule has 0 aliphatic rings. The van der Waals surface area contributed by atoms with Crippen molar-refractivity contribution in [1.29, 1.82) is 0 Å². The fourth-order valence-corrected chi connectivity index (χ4v) is 0.946. The number of halogens is 1. The van der Waals surface area contributed by atoms with Gasteiger partial charge in [-0.25, -0.2) is 0 Å². The van der Waals surface area contributed by atoms with Gasteiger partial charge in [-0.05, 0) is 6.92 Å². The number of benzene rings is 1. The summed E-state index contributed by atoms with van der Waals surface area (Å²) in [6, 6.07) is 7.96. The Morgan fingerprint density at radius 3 is 2.27 bits per heavy atom. The van der Waals surface area contributed by atoms with E-state index in [0.29, 0.717) is 5.17 Å². The molecule has 0 fully saturated rings. The Labute approximate surface area is 71.7 Å². The van der Waals surface area contributed by atoms with Crippen LogP contribution in [0.4, 0.5) is 0 Å². The molecule has 0 unspecified atom stereocenters. The first-order chi connectivity index (χ1) is 5.24. The van der Waals surface area contributed by atoms with Crippen LogP contribution in [0, 0.1) is 6.92 Å². The van der Waals surface area contributed by atoms with E-state index >= 15 is 0 Å². The quantitative estimate of drug-likeness (QED) is 0.571. The van der Waals surface area contributed by atoms with E-state index in [4.69, 9.17) is 11.6 Å². The minimum absolute atomic E-state index is 0.560. The molecule has 0 aliphatic heterocycles. The lowest BCUT2D eigenvalue weighted by Crippen LogP contribution is -1.89. The van der Waals surface area contributed by atoms with Gasteiger partial charge in [-0.2, -0.15) is 0 Å². The Bertz CT molecular complexity index is 261. The second-order valence-electron chi connectivity index (χ2n) is 2.38. The summed E-state index contributed by atoms with van der Waals surface area (Å²) < 4.78 is 0. The number of hydrogen-bond acceptors (Lipinski definition) is 1. The van der Waals surface area contributed by atoms with E-state index < -0.39 is 0 Å². The summed E-state index contributed by atoms with van der Waals surface area (Å²) in [5.41, 5.74) is 2.20. The van der Waals surface area contributed by atoms with Gasteiger partial charge in [0.15, 0.2) is 0 Å². The minimum atomic E-state index is 0.560. The molecule has 11 heavy (non-hydrogen) atoms. The normalized spacial score (nSPS) is 11.7. The van der Waals surface area contributed by atoms with E-state index in [1.54, 1.807) is 7.05 Å². The molecule has 2 heteroatoms. The smallest absolute Gasteiger partial charge is 0.130 e. The summed E-state index contributed by atoms with van der Waals surface area (Å²) in [6.45, 7) is 2.04. The van der Waals surface area contributed by atoms with Crippen molar-refractivity contribution in [2.24, 2.45) is 4.99 Å². The average Bonchev–Trinajstić information content (AvgIpc) is 2.05. The van der Waals surface area contributed by atoms with Gasteiger partial charge in [0.2, 0.25) is 0 Å². The largest absolute Gasteiger partial charge is 0.276 e. The second-order valence-corrected chi connectivity index (χ2v) is 2.74. The van der Waals surface area contributed by atoms with Crippen LogP contribution < -0.4 is 0 Å². The summed E-state index contributed by atoms with van der Waals surface area (Å²) in [5, 5.41) is 0.560. The molecule has 1 nitrogen and oxygen atoms in total. The summed E-state index contributed by atoms with van der Waals surface area (Å²) in [5.74, 6) is 0. The van der Waals surface area contributed by atoms with Gasteiger partial charge in [0, 0.05) is 12.6 Å². The molecular formula is C9H10ClN. The van der Waals surface area contributed by atoms with Crippen LogP contribution in [0.15, 0.2) is 29.3 Å². The summed E-state index contributed by atoms with van der Waals surface area (Å²) in [4.78, 5) is 3.87. The molecule has 0 radical (unpaired) electrons. The molecule has 0 saturated heterocycles. The topological polar surface area (TPSA) is 12.4 Å². The first-order valence-corrected chi connectivity index (χ1v) is 3.81. The molecule has 0 N–H and O–H groups in total. The predicted molar refractivity (Wildman–Crippen MR) is 49.5 cm³/mol. The molecular weight excluding hydrogens is 158 g/mol. The van der Waals surface area contributed by atoms with Gasteiger partial charge in [-0.3, -0.25) is 4.99 Å². The lowest BCUT2D eigenvalue weighted by Gasteiger charge is -1.96. The zero-order valence-electron chi connectivity index (χ0n) is 6.63. The first kappa shape index (κ1) is 8.28. The Kier molecular flexibility index (Phi) is 2.66. The molecule has 0 bridgehead atoms. The number of hydrogen-bond donors (Lipinski definition) is 0. The van der Waals surface area contributed by atoms with Gasteiger partial charge in [0.05, 0.1) is 0 Å². The van der Waals surface area contributed by atoms with Crippen LogP contribution >= 0.6 is 11.6 Å². The molecule has 58 valence electrons. The van der Waals surface area contributed by atoms with E-state index in [-0.39, 0.29) is 0 Å². The van der Waals surface area contributed by atoms with E-state index in [2.05, 4.69) is 4.99 Å². The van der Waals surface area contributed by atoms with Crippen molar-refractivity contribution >= 4 is 16.8 Å². The molecule has 0 aromatic heterocycles. The molecule has 0 atom stereocenters. The van der Waals surface area contributed by atoms with E-state index in [1.165, 1.54) is 5.56 Å². The standard InChI is InChI=1S/C9H10ClN/c1-7-3-5-8(6-4-7)9(10)11-2/h3-6H,1-2H3. The van der Waals surface area contributed by atoms with Crippen molar-refractivity contribution in [2.75, 3.05) is 7.05 Å². The summed E-state index contributed by atoms with van der Waals surface area (Å²) in [6.07, 6.45) is 0. The van der Waals surface area contributed by atoms with Gasteiger partial charge >= 0.3 is 0 Å². The highest BCUT2D eigenvalue weighted by molar-refractivity contribution is 6.69. The third-order valence-corrected chi connectivity index (χ3v) is 1.87. The third kappa shape index (κ3) is 2.05. The van der Waals surface area contributed by atoms with E-state index in [0.717, 1.165) is 5.56 Å². The lowest BCUT2D eigenvalue weighted by atomic mass is 10.2. The molecule has 0 amide bonds. The number of rotatable bonds is 1. The maximum atomic E-state index is 5.79. The van der Waals surface area contributed by atoms with E-state index in [9.17, 15) is 0 Å². The van der Waals surface area contributed by atoms with Gasteiger partial charge in [-0.15, -0.1) is 0 Å². The number of nitrogens with zero attached hydrogens (tertiary/aromatic N) is 1. The average molecular weight is 168 g/mol. The molecule has 1 aromatic rings. The third-order valence-electron chi connectivity index (χ3n) is 1.49. The van der Waals surface area contributed by atoms with Gasteiger partial charge < -0.3 is 0 Å². The molecule has 1 aromatic carbocycles. The van der Waals surface area contributed by atoms with Crippen LogP contribution in [0.25, 0.3) is 0 Å². The van der Waals surface area contributed by atoms with Crippen LogP contribution in [-0.4, -0.2) is 12.2 Å². The Morgan fingerprint density at radius 2 is 1.82 bits per heavy atom. The maximum Gasteiger partial charge on any atom is 0.130 e. The van der Waals surface area contributed by atoms with Gasteiger partial charge in [0.25, 0.3) is 0 Å². The second kappa shape index (κ2) is 3.54. The predicted octanol–water partition coefficient (Wildman–Crippen LogP) is 2.61. The highest BCUT2D eigenvalue weighted by atomic mass is 35.5. The fourth-order valence-electron chi connectivity index (χ4n) is 0.820. The van der Waals surface area contributed by atoms with Gasteiger partial charge in [0.1, 0.15) is 5.17 Å². The van der Waals surface area contributed by atoms with Crippen molar-refractivity contribution in [1.82, 2.24) is 0 Å². The van der Waals surface area contributed by atoms with Crippen molar-refractivity contribution in [3.05, 3.63) is 35.4 Å². The van der Waals surface area contributed by atoms with Gasteiger partial charge in [-0.1, -0.05) is 41.4 Å². The number of aliphatic imine (C=N–C) groups is 1. The number of aryl methyl sites for hydroxylation is 1. The van der Waals surface area contributed by atoms with Crippen molar-refractivity contribution in [3.8, 4) is 0 Å². The van der Waals surface area contributed by atoms with Crippen LogP contribution in [0.5, 0.6) is 0 Å². The maximum absolute atomic E-state index is 5.79. The molecule has 0 heterocycles. The van der Waals surface area contributed by atoms with E-state index in [1.807, 2.05) is 31.2 Å². The summed E-state index contributed by atoms with van der Waals surface area (Å²) >= 11 is 5.79. The van der Waals surface area contributed by atoms with Crippen LogP contribution in [0.1, 0.15) is 11.1 Å². The highest BCUT2D eigenvalue weighted by Crippen LogP contribution is 2.06. The SMILES string of the molecule is CN=C(Cl)c1ccc(C)cc1. The monoisotopic (exact) mass is 167 g/mol. The summed E-state index contributed by atoms with van der Waals surface area (Å²) in [7, 11) is 1.68. The molecule has 0 aliphatic carbocycles. The Hall–Kier alpha value is -0.820.